The molecule has 1 saturated heterocycles. The number of carbonyl (C=O) groups is 1. The third kappa shape index (κ3) is 3.40. The van der Waals surface area contributed by atoms with Gasteiger partial charge in [-0.3, -0.25) is 4.79 Å². The summed E-state index contributed by atoms with van der Waals surface area (Å²) in [7, 11) is 0. The molecular formula is C15H20BrNO3. The molecule has 0 radical (unpaired) electrons. The van der Waals surface area contributed by atoms with Crippen molar-refractivity contribution in [3.8, 4) is 0 Å². The average molecular weight is 342 g/mol. The van der Waals surface area contributed by atoms with Crippen LogP contribution in [0.4, 0.5) is 0 Å². The summed E-state index contributed by atoms with van der Waals surface area (Å²) in [5, 5.41) is 12.2. The second-order valence-corrected chi connectivity index (χ2v) is 6.18. The van der Waals surface area contributed by atoms with E-state index in [0.29, 0.717) is 26.1 Å². The minimum Gasteiger partial charge on any atom is -0.392 e. The SMILES string of the molecule is CC(O)CNC(=O)C1(c2ccc(Br)cc2)CCOCC1. The van der Waals surface area contributed by atoms with Crippen molar-refractivity contribution in [2.75, 3.05) is 19.8 Å². The van der Waals surface area contributed by atoms with Gasteiger partial charge in [-0.15, -0.1) is 0 Å². The molecule has 1 atom stereocenters. The van der Waals surface area contributed by atoms with Crippen LogP contribution < -0.4 is 5.32 Å². The van der Waals surface area contributed by atoms with Crippen LogP contribution in [0, 0.1) is 0 Å². The first kappa shape index (κ1) is 15.5. The normalized spacial score (nSPS) is 19.4. The van der Waals surface area contributed by atoms with Crippen molar-refractivity contribution in [1.29, 1.82) is 0 Å². The third-order valence-corrected chi connectivity index (χ3v) is 4.26. The second-order valence-electron chi connectivity index (χ2n) is 5.26. The van der Waals surface area contributed by atoms with Crippen molar-refractivity contribution in [2.24, 2.45) is 0 Å². The van der Waals surface area contributed by atoms with E-state index in [4.69, 9.17) is 4.74 Å². The Balaban J connectivity index is 2.25. The Hall–Kier alpha value is -0.910. The fraction of sp³-hybridized carbons (Fsp3) is 0.533. The van der Waals surface area contributed by atoms with Crippen molar-refractivity contribution in [2.45, 2.75) is 31.3 Å². The van der Waals surface area contributed by atoms with E-state index >= 15 is 0 Å². The summed E-state index contributed by atoms with van der Waals surface area (Å²) >= 11 is 3.42. The van der Waals surface area contributed by atoms with Gasteiger partial charge in [0.25, 0.3) is 0 Å². The number of benzene rings is 1. The van der Waals surface area contributed by atoms with Gasteiger partial charge in [0.2, 0.25) is 5.91 Å². The predicted molar refractivity (Wildman–Crippen MR) is 80.6 cm³/mol. The van der Waals surface area contributed by atoms with Crippen LogP contribution in [0.3, 0.4) is 0 Å². The molecule has 5 heteroatoms. The lowest BCUT2D eigenvalue weighted by Gasteiger charge is -2.36. The number of aliphatic hydroxyl groups is 1. The quantitative estimate of drug-likeness (QED) is 0.880. The minimum absolute atomic E-state index is 0.0241. The number of hydrogen-bond acceptors (Lipinski definition) is 3. The van der Waals surface area contributed by atoms with Crippen LogP contribution in [0.25, 0.3) is 0 Å². The lowest BCUT2D eigenvalue weighted by molar-refractivity contribution is -0.130. The highest BCUT2D eigenvalue weighted by molar-refractivity contribution is 9.10. The van der Waals surface area contributed by atoms with Crippen molar-refractivity contribution < 1.29 is 14.6 Å². The van der Waals surface area contributed by atoms with Gasteiger partial charge in [0.1, 0.15) is 0 Å². The van der Waals surface area contributed by atoms with Gasteiger partial charge in [0.05, 0.1) is 11.5 Å². The van der Waals surface area contributed by atoms with Crippen LogP contribution in [0.15, 0.2) is 28.7 Å². The molecule has 1 amide bonds. The van der Waals surface area contributed by atoms with Gasteiger partial charge >= 0.3 is 0 Å². The highest BCUT2D eigenvalue weighted by Gasteiger charge is 2.41. The van der Waals surface area contributed by atoms with Crippen molar-refractivity contribution in [3.63, 3.8) is 0 Å². The van der Waals surface area contributed by atoms with Crippen LogP contribution >= 0.6 is 15.9 Å². The number of hydrogen-bond donors (Lipinski definition) is 2. The lowest BCUT2D eigenvalue weighted by atomic mass is 9.73. The van der Waals surface area contributed by atoms with Gasteiger partial charge in [-0.25, -0.2) is 0 Å². The van der Waals surface area contributed by atoms with Crippen LogP contribution in [0.2, 0.25) is 0 Å². The van der Waals surface area contributed by atoms with E-state index in [0.717, 1.165) is 10.0 Å². The zero-order chi connectivity index (χ0) is 14.6. The summed E-state index contributed by atoms with van der Waals surface area (Å²) in [6.07, 6.45) is 0.793. The molecule has 1 aromatic carbocycles. The summed E-state index contributed by atoms with van der Waals surface area (Å²) in [6, 6.07) is 7.87. The predicted octanol–water partition coefficient (Wildman–Crippen LogP) is 1.99. The molecule has 1 aliphatic rings. The number of carbonyl (C=O) groups excluding carboxylic acids is 1. The first-order valence-electron chi connectivity index (χ1n) is 6.85. The molecule has 1 aromatic rings. The maximum absolute atomic E-state index is 12.6. The fourth-order valence-electron chi connectivity index (χ4n) is 2.55. The van der Waals surface area contributed by atoms with Gasteiger partial charge in [-0.1, -0.05) is 28.1 Å². The molecule has 1 unspecified atom stereocenters. The minimum atomic E-state index is -0.548. The molecule has 1 aliphatic heterocycles. The molecular weight excluding hydrogens is 322 g/mol. The van der Waals surface area contributed by atoms with E-state index in [2.05, 4.69) is 21.2 Å². The standard InChI is InChI=1S/C15H20BrNO3/c1-11(18)10-17-14(19)15(6-8-20-9-7-15)12-2-4-13(16)5-3-12/h2-5,11,18H,6-10H2,1H3,(H,17,19). The number of amides is 1. The van der Waals surface area contributed by atoms with Gasteiger partial charge in [-0.2, -0.15) is 0 Å². The number of halogens is 1. The van der Waals surface area contributed by atoms with Crippen molar-refractivity contribution in [1.82, 2.24) is 5.32 Å². The molecule has 20 heavy (non-hydrogen) atoms. The van der Waals surface area contributed by atoms with E-state index < -0.39 is 11.5 Å². The number of rotatable bonds is 4. The molecule has 1 heterocycles. The maximum Gasteiger partial charge on any atom is 0.230 e. The van der Waals surface area contributed by atoms with Crippen LogP contribution in [-0.2, 0) is 14.9 Å². The Kier molecular flexibility index (Phi) is 5.18. The molecule has 0 aromatic heterocycles. The molecule has 0 aliphatic carbocycles. The number of nitrogens with one attached hydrogen (secondary N) is 1. The van der Waals surface area contributed by atoms with E-state index in [1.807, 2.05) is 24.3 Å². The molecule has 4 nitrogen and oxygen atoms in total. The zero-order valence-electron chi connectivity index (χ0n) is 11.6. The maximum atomic E-state index is 12.6. The average Bonchev–Trinajstić information content (AvgIpc) is 2.46. The van der Waals surface area contributed by atoms with E-state index in [1.165, 1.54) is 0 Å². The molecule has 0 saturated carbocycles. The van der Waals surface area contributed by atoms with Gasteiger partial charge in [-0.05, 0) is 37.5 Å². The largest absolute Gasteiger partial charge is 0.392 e. The molecule has 1 fully saturated rings. The van der Waals surface area contributed by atoms with Crippen molar-refractivity contribution >= 4 is 21.8 Å². The molecule has 2 rings (SSSR count). The Labute approximate surface area is 127 Å². The van der Waals surface area contributed by atoms with Crippen LogP contribution in [0.5, 0.6) is 0 Å². The Bertz CT molecular complexity index is 453. The summed E-state index contributed by atoms with van der Waals surface area (Å²) in [5.41, 5.74) is 0.459. The molecule has 2 N–H and O–H groups in total. The van der Waals surface area contributed by atoms with Crippen LogP contribution in [0.1, 0.15) is 25.3 Å². The van der Waals surface area contributed by atoms with Gasteiger partial charge in [0.15, 0.2) is 0 Å². The van der Waals surface area contributed by atoms with Crippen molar-refractivity contribution in [3.05, 3.63) is 34.3 Å². The Morgan fingerprint density at radius 2 is 2.00 bits per heavy atom. The second kappa shape index (κ2) is 6.70. The summed E-state index contributed by atoms with van der Waals surface area (Å²) < 4.78 is 6.40. The van der Waals surface area contributed by atoms with Crippen LogP contribution in [-0.4, -0.2) is 36.9 Å². The summed E-state index contributed by atoms with van der Waals surface area (Å²) in [5.74, 6) is -0.0241. The van der Waals surface area contributed by atoms with E-state index in [9.17, 15) is 9.90 Å². The highest BCUT2D eigenvalue weighted by Crippen LogP contribution is 2.35. The Morgan fingerprint density at radius 1 is 1.40 bits per heavy atom. The summed E-state index contributed by atoms with van der Waals surface area (Å²) in [6.45, 7) is 3.10. The molecule has 0 bridgehead atoms. The van der Waals surface area contributed by atoms with E-state index in [1.54, 1.807) is 6.92 Å². The highest BCUT2D eigenvalue weighted by atomic mass is 79.9. The lowest BCUT2D eigenvalue weighted by Crippen LogP contribution is -2.49. The smallest absolute Gasteiger partial charge is 0.230 e. The fourth-order valence-corrected chi connectivity index (χ4v) is 2.81. The number of ether oxygens (including phenoxy) is 1. The first-order chi connectivity index (χ1) is 9.54. The zero-order valence-corrected chi connectivity index (χ0v) is 13.1. The molecule has 110 valence electrons. The van der Waals surface area contributed by atoms with Gasteiger partial charge in [0, 0.05) is 24.2 Å². The Morgan fingerprint density at radius 3 is 2.55 bits per heavy atom. The number of aliphatic hydroxyl groups excluding tert-OH is 1. The van der Waals surface area contributed by atoms with E-state index in [-0.39, 0.29) is 12.5 Å². The first-order valence-corrected chi connectivity index (χ1v) is 7.64. The topological polar surface area (TPSA) is 58.6 Å². The molecule has 0 spiro atoms. The summed E-state index contributed by atoms with van der Waals surface area (Å²) in [4.78, 5) is 12.6. The van der Waals surface area contributed by atoms with Gasteiger partial charge < -0.3 is 15.2 Å². The third-order valence-electron chi connectivity index (χ3n) is 3.74. The monoisotopic (exact) mass is 341 g/mol.